The van der Waals surface area contributed by atoms with Gasteiger partial charge in [0.05, 0.1) is 0 Å². The SMILES string of the molecule is CCCCCCC(CCCCC)c1ccnc(F)c1. The minimum absolute atomic E-state index is 0.341. The van der Waals surface area contributed by atoms with Crippen molar-refractivity contribution in [2.75, 3.05) is 0 Å². The first-order valence-corrected chi connectivity index (χ1v) is 7.89. The molecule has 1 heterocycles. The molecular formula is C17H28FN. The van der Waals surface area contributed by atoms with Crippen LogP contribution in [0.2, 0.25) is 0 Å². The van der Waals surface area contributed by atoms with E-state index in [-0.39, 0.29) is 5.95 Å². The maximum atomic E-state index is 13.2. The molecule has 0 aliphatic carbocycles. The summed E-state index contributed by atoms with van der Waals surface area (Å²) in [5.41, 5.74) is 1.14. The van der Waals surface area contributed by atoms with Crippen LogP contribution in [0.3, 0.4) is 0 Å². The molecule has 0 saturated heterocycles. The van der Waals surface area contributed by atoms with Gasteiger partial charge in [0.1, 0.15) is 0 Å². The smallest absolute Gasteiger partial charge is 0.213 e. The standard InChI is InChI=1S/C17H28FN/c1-3-5-7-9-11-15(10-8-6-4-2)16-12-13-19-17(18)14-16/h12-15H,3-11H2,1-2H3. The van der Waals surface area contributed by atoms with E-state index >= 15 is 0 Å². The summed E-state index contributed by atoms with van der Waals surface area (Å²) in [6.45, 7) is 4.46. The molecule has 0 spiro atoms. The Bertz CT molecular complexity index is 338. The minimum Gasteiger partial charge on any atom is -0.228 e. The molecule has 2 heteroatoms. The van der Waals surface area contributed by atoms with Crippen molar-refractivity contribution in [2.45, 2.75) is 77.6 Å². The molecule has 1 unspecified atom stereocenters. The molecule has 0 amide bonds. The van der Waals surface area contributed by atoms with Crippen LogP contribution < -0.4 is 0 Å². The van der Waals surface area contributed by atoms with E-state index in [1.807, 2.05) is 6.07 Å². The third kappa shape index (κ3) is 6.70. The minimum atomic E-state index is -0.341. The molecule has 0 fully saturated rings. The van der Waals surface area contributed by atoms with Gasteiger partial charge in [0.2, 0.25) is 5.95 Å². The van der Waals surface area contributed by atoms with Gasteiger partial charge in [-0.2, -0.15) is 4.39 Å². The Labute approximate surface area is 117 Å². The van der Waals surface area contributed by atoms with Gasteiger partial charge >= 0.3 is 0 Å². The maximum Gasteiger partial charge on any atom is 0.213 e. The van der Waals surface area contributed by atoms with E-state index in [1.165, 1.54) is 57.8 Å². The van der Waals surface area contributed by atoms with Gasteiger partial charge in [0.25, 0.3) is 0 Å². The number of nitrogens with zero attached hydrogens (tertiary/aromatic N) is 1. The molecule has 0 N–H and O–H groups in total. The van der Waals surface area contributed by atoms with Crippen LogP contribution in [-0.4, -0.2) is 4.98 Å². The lowest BCUT2D eigenvalue weighted by Gasteiger charge is -2.17. The Morgan fingerprint density at radius 3 is 2.26 bits per heavy atom. The lowest BCUT2D eigenvalue weighted by atomic mass is 9.89. The Balaban J connectivity index is 2.52. The van der Waals surface area contributed by atoms with Gasteiger partial charge in [-0.15, -0.1) is 0 Å². The fourth-order valence-electron chi connectivity index (χ4n) is 2.61. The van der Waals surface area contributed by atoms with Gasteiger partial charge in [-0.1, -0.05) is 58.8 Å². The van der Waals surface area contributed by atoms with Crippen molar-refractivity contribution >= 4 is 0 Å². The van der Waals surface area contributed by atoms with E-state index in [0.717, 1.165) is 5.56 Å². The average Bonchev–Trinajstić information content (AvgIpc) is 2.41. The van der Waals surface area contributed by atoms with E-state index < -0.39 is 0 Å². The van der Waals surface area contributed by atoms with Crippen LogP contribution in [0.1, 0.15) is 83.1 Å². The highest BCUT2D eigenvalue weighted by atomic mass is 19.1. The molecule has 19 heavy (non-hydrogen) atoms. The molecule has 1 aromatic heterocycles. The van der Waals surface area contributed by atoms with Crippen molar-refractivity contribution in [3.63, 3.8) is 0 Å². The lowest BCUT2D eigenvalue weighted by molar-refractivity contribution is 0.496. The van der Waals surface area contributed by atoms with Crippen molar-refractivity contribution in [2.24, 2.45) is 0 Å². The number of unbranched alkanes of at least 4 members (excludes halogenated alkanes) is 5. The van der Waals surface area contributed by atoms with Crippen LogP contribution in [0, 0.1) is 5.95 Å². The molecular weight excluding hydrogens is 237 g/mol. The van der Waals surface area contributed by atoms with Gasteiger partial charge in [-0.05, 0) is 36.5 Å². The topological polar surface area (TPSA) is 12.9 Å². The zero-order valence-electron chi connectivity index (χ0n) is 12.5. The highest BCUT2D eigenvalue weighted by Gasteiger charge is 2.12. The summed E-state index contributed by atoms with van der Waals surface area (Å²) >= 11 is 0. The largest absolute Gasteiger partial charge is 0.228 e. The number of pyridine rings is 1. The van der Waals surface area contributed by atoms with Crippen LogP contribution in [0.15, 0.2) is 18.3 Å². The first-order valence-electron chi connectivity index (χ1n) is 7.89. The van der Waals surface area contributed by atoms with Crippen molar-refractivity contribution in [1.82, 2.24) is 4.98 Å². The predicted octanol–water partition coefficient (Wildman–Crippen LogP) is 5.86. The highest BCUT2D eigenvalue weighted by Crippen LogP contribution is 2.28. The first-order chi connectivity index (χ1) is 9.27. The van der Waals surface area contributed by atoms with Crippen LogP contribution >= 0.6 is 0 Å². The van der Waals surface area contributed by atoms with E-state index in [2.05, 4.69) is 18.8 Å². The van der Waals surface area contributed by atoms with Gasteiger partial charge in [0, 0.05) is 6.20 Å². The second kappa shape index (κ2) is 9.94. The Morgan fingerprint density at radius 1 is 1.00 bits per heavy atom. The van der Waals surface area contributed by atoms with Crippen LogP contribution in [0.25, 0.3) is 0 Å². The molecule has 0 radical (unpaired) electrons. The molecule has 0 aliphatic rings. The van der Waals surface area contributed by atoms with Crippen LogP contribution in [-0.2, 0) is 0 Å². The third-order valence-electron chi connectivity index (χ3n) is 3.78. The quantitative estimate of drug-likeness (QED) is 0.381. The summed E-state index contributed by atoms with van der Waals surface area (Å²) in [6, 6.07) is 3.61. The normalized spacial score (nSPS) is 12.6. The van der Waals surface area contributed by atoms with E-state index in [0.29, 0.717) is 5.92 Å². The van der Waals surface area contributed by atoms with Crippen molar-refractivity contribution in [1.29, 1.82) is 0 Å². The Morgan fingerprint density at radius 2 is 1.63 bits per heavy atom. The molecule has 0 aromatic carbocycles. The molecule has 108 valence electrons. The fraction of sp³-hybridized carbons (Fsp3) is 0.706. The molecule has 0 aliphatic heterocycles. The number of rotatable bonds is 10. The number of hydrogen-bond acceptors (Lipinski definition) is 1. The molecule has 1 atom stereocenters. The van der Waals surface area contributed by atoms with Gasteiger partial charge in [0.15, 0.2) is 0 Å². The summed E-state index contributed by atoms with van der Waals surface area (Å²) in [5, 5.41) is 0. The van der Waals surface area contributed by atoms with Crippen molar-refractivity contribution in [3.8, 4) is 0 Å². The molecule has 0 bridgehead atoms. The fourth-order valence-corrected chi connectivity index (χ4v) is 2.61. The van der Waals surface area contributed by atoms with Gasteiger partial charge in [-0.3, -0.25) is 0 Å². The van der Waals surface area contributed by atoms with Gasteiger partial charge < -0.3 is 0 Å². The first kappa shape index (κ1) is 16.1. The van der Waals surface area contributed by atoms with E-state index in [9.17, 15) is 4.39 Å². The van der Waals surface area contributed by atoms with E-state index in [1.54, 1.807) is 12.3 Å². The molecule has 1 aromatic rings. The summed E-state index contributed by atoms with van der Waals surface area (Å²) in [7, 11) is 0. The Hall–Kier alpha value is -0.920. The average molecular weight is 265 g/mol. The zero-order chi connectivity index (χ0) is 13.9. The highest BCUT2D eigenvalue weighted by molar-refractivity contribution is 5.16. The number of halogens is 1. The summed E-state index contributed by atoms with van der Waals surface area (Å²) in [5.74, 6) is 0.174. The third-order valence-corrected chi connectivity index (χ3v) is 3.78. The second-order valence-corrected chi connectivity index (χ2v) is 5.45. The second-order valence-electron chi connectivity index (χ2n) is 5.45. The molecule has 1 rings (SSSR count). The number of hydrogen-bond donors (Lipinski definition) is 0. The summed E-state index contributed by atoms with van der Waals surface area (Å²) in [4.78, 5) is 3.66. The zero-order valence-corrected chi connectivity index (χ0v) is 12.5. The van der Waals surface area contributed by atoms with Crippen molar-refractivity contribution in [3.05, 3.63) is 29.8 Å². The summed E-state index contributed by atoms with van der Waals surface area (Å²) < 4.78 is 13.2. The van der Waals surface area contributed by atoms with Crippen LogP contribution in [0.4, 0.5) is 4.39 Å². The lowest BCUT2D eigenvalue weighted by Crippen LogP contribution is -2.01. The number of aromatic nitrogens is 1. The monoisotopic (exact) mass is 265 g/mol. The maximum absolute atomic E-state index is 13.2. The van der Waals surface area contributed by atoms with Gasteiger partial charge in [-0.25, -0.2) is 4.98 Å². The summed E-state index contributed by atoms with van der Waals surface area (Å²) in [6.07, 6.45) is 12.9. The Kier molecular flexibility index (Phi) is 8.44. The molecule has 0 saturated carbocycles. The van der Waals surface area contributed by atoms with E-state index in [4.69, 9.17) is 0 Å². The molecule has 1 nitrogen and oxygen atoms in total. The van der Waals surface area contributed by atoms with Crippen LogP contribution in [0.5, 0.6) is 0 Å². The van der Waals surface area contributed by atoms with Crippen molar-refractivity contribution < 1.29 is 4.39 Å². The predicted molar refractivity (Wildman–Crippen MR) is 79.8 cm³/mol.